The fourth-order valence-electron chi connectivity index (χ4n) is 1.73. The monoisotopic (exact) mass is 242 g/mol. The van der Waals surface area contributed by atoms with Crippen molar-refractivity contribution >= 4 is 5.69 Å². The van der Waals surface area contributed by atoms with Gasteiger partial charge in [-0.15, -0.1) is 0 Å². The number of aliphatic hydroxyl groups is 1. The van der Waals surface area contributed by atoms with Crippen LogP contribution in [-0.2, 0) is 6.18 Å². The first-order chi connectivity index (χ1) is 7.91. The Bertz CT molecular complexity index is 473. The Hall–Kier alpha value is -1.74. The van der Waals surface area contributed by atoms with Crippen molar-refractivity contribution in [1.82, 2.24) is 0 Å². The Labute approximate surface area is 95.7 Å². The normalized spacial score (nSPS) is 16.5. The van der Waals surface area contributed by atoms with Crippen molar-refractivity contribution in [2.45, 2.75) is 12.3 Å². The molecule has 0 bridgehead atoms. The van der Waals surface area contributed by atoms with Crippen molar-refractivity contribution < 1.29 is 18.3 Å². The van der Waals surface area contributed by atoms with Gasteiger partial charge in [-0.05, 0) is 18.2 Å². The molecule has 1 N–H and O–H groups in total. The van der Waals surface area contributed by atoms with Crippen molar-refractivity contribution in [1.29, 1.82) is 5.26 Å². The highest BCUT2D eigenvalue weighted by molar-refractivity contribution is 5.56. The number of halogens is 3. The number of alkyl halides is 3. The molecule has 1 heterocycles. The van der Waals surface area contributed by atoms with Gasteiger partial charge in [0.1, 0.15) is 0 Å². The van der Waals surface area contributed by atoms with Crippen molar-refractivity contribution in [2.24, 2.45) is 0 Å². The lowest BCUT2D eigenvalue weighted by Gasteiger charge is -2.38. The van der Waals surface area contributed by atoms with E-state index in [4.69, 9.17) is 10.4 Å². The highest BCUT2D eigenvalue weighted by atomic mass is 19.4. The summed E-state index contributed by atoms with van der Waals surface area (Å²) < 4.78 is 37.6. The summed E-state index contributed by atoms with van der Waals surface area (Å²) in [6, 6.07) is 4.97. The summed E-state index contributed by atoms with van der Waals surface area (Å²) in [6.45, 7) is 0.770. The summed E-state index contributed by atoms with van der Waals surface area (Å²) >= 11 is 0. The number of aliphatic hydroxyl groups excluding tert-OH is 1. The van der Waals surface area contributed by atoms with Crippen LogP contribution < -0.4 is 4.90 Å². The lowest BCUT2D eigenvalue weighted by atomic mass is 10.0. The third kappa shape index (κ3) is 2.19. The van der Waals surface area contributed by atoms with Crippen molar-refractivity contribution in [3.05, 3.63) is 29.3 Å². The van der Waals surface area contributed by atoms with E-state index in [1.807, 2.05) is 0 Å². The SMILES string of the molecule is N#Cc1cc(N2CC(O)C2)ccc1C(F)(F)F. The first kappa shape index (κ1) is 11.7. The summed E-state index contributed by atoms with van der Waals surface area (Å²) in [4.78, 5) is 1.71. The molecule has 3 nitrogen and oxygen atoms in total. The van der Waals surface area contributed by atoms with Crippen molar-refractivity contribution in [3.63, 3.8) is 0 Å². The van der Waals surface area contributed by atoms with Crippen LogP contribution in [0, 0.1) is 11.3 Å². The van der Waals surface area contributed by atoms with Crippen molar-refractivity contribution in [2.75, 3.05) is 18.0 Å². The Morgan fingerprint density at radius 3 is 2.47 bits per heavy atom. The van der Waals surface area contributed by atoms with Crippen molar-refractivity contribution in [3.8, 4) is 6.07 Å². The van der Waals surface area contributed by atoms with Crippen LogP contribution in [0.5, 0.6) is 0 Å². The minimum absolute atomic E-state index is 0.385. The van der Waals surface area contributed by atoms with E-state index in [9.17, 15) is 13.2 Å². The summed E-state index contributed by atoms with van der Waals surface area (Å²) in [6.07, 6.45) is -4.96. The predicted octanol–water partition coefficient (Wildman–Crippen LogP) is 1.76. The van der Waals surface area contributed by atoms with Crippen LogP contribution in [-0.4, -0.2) is 24.3 Å². The van der Waals surface area contributed by atoms with Gasteiger partial charge in [-0.1, -0.05) is 0 Å². The maximum absolute atomic E-state index is 12.5. The number of hydrogen-bond acceptors (Lipinski definition) is 3. The Morgan fingerprint density at radius 1 is 1.35 bits per heavy atom. The molecule has 1 aliphatic rings. The zero-order chi connectivity index (χ0) is 12.6. The van der Waals surface area contributed by atoms with Crippen LogP contribution in [0.2, 0.25) is 0 Å². The average molecular weight is 242 g/mol. The number of hydrogen-bond donors (Lipinski definition) is 1. The molecule has 1 saturated heterocycles. The number of anilines is 1. The van der Waals surface area contributed by atoms with Crippen LogP contribution in [0.4, 0.5) is 18.9 Å². The van der Waals surface area contributed by atoms with Crippen LogP contribution in [0.3, 0.4) is 0 Å². The molecule has 0 aromatic heterocycles. The van der Waals surface area contributed by atoms with E-state index in [-0.39, 0.29) is 0 Å². The molecule has 17 heavy (non-hydrogen) atoms. The lowest BCUT2D eigenvalue weighted by Crippen LogP contribution is -2.50. The molecule has 6 heteroatoms. The first-order valence-electron chi connectivity index (χ1n) is 4.96. The third-order valence-electron chi connectivity index (χ3n) is 2.66. The molecule has 0 radical (unpaired) electrons. The summed E-state index contributed by atoms with van der Waals surface area (Å²) in [7, 11) is 0. The van der Waals surface area contributed by atoms with Gasteiger partial charge in [0.25, 0.3) is 0 Å². The highest BCUT2D eigenvalue weighted by Gasteiger charge is 2.34. The van der Waals surface area contributed by atoms with Crippen LogP contribution >= 0.6 is 0 Å². The fraction of sp³-hybridized carbons (Fsp3) is 0.364. The minimum atomic E-state index is -4.52. The van der Waals surface area contributed by atoms with Gasteiger partial charge < -0.3 is 10.0 Å². The molecule has 1 aromatic rings. The van der Waals surface area contributed by atoms with E-state index < -0.39 is 23.4 Å². The second kappa shape index (κ2) is 3.93. The standard InChI is InChI=1S/C11H9F3N2O/c12-11(13,14)10-2-1-8(3-7(10)4-15)16-5-9(17)6-16/h1-3,9,17H,5-6H2. The molecule has 0 aliphatic carbocycles. The highest BCUT2D eigenvalue weighted by Crippen LogP contribution is 2.34. The van der Waals surface area contributed by atoms with Crippen LogP contribution in [0.15, 0.2) is 18.2 Å². The molecule has 2 rings (SSSR count). The van der Waals surface area contributed by atoms with Crippen LogP contribution in [0.1, 0.15) is 11.1 Å². The largest absolute Gasteiger partial charge is 0.417 e. The smallest absolute Gasteiger partial charge is 0.389 e. The molecule has 0 spiro atoms. The third-order valence-corrected chi connectivity index (χ3v) is 2.66. The van der Waals surface area contributed by atoms with Gasteiger partial charge in [-0.2, -0.15) is 18.4 Å². The average Bonchev–Trinajstić information content (AvgIpc) is 2.22. The molecule has 90 valence electrons. The molecule has 0 amide bonds. The molecule has 0 saturated carbocycles. The quantitative estimate of drug-likeness (QED) is 0.816. The summed E-state index contributed by atoms with van der Waals surface area (Å²) in [5, 5.41) is 17.8. The molecule has 0 atom stereocenters. The Kier molecular flexibility index (Phi) is 2.71. The maximum atomic E-state index is 12.5. The molecule has 1 aliphatic heterocycles. The number of β-amino-alcohol motifs (C(OH)–C–C–N with tert-alkyl or cyclic N) is 1. The molecule has 0 unspecified atom stereocenters. The predicted molar refractivity (Wildman–Crippen MR) is 54.4 cm³/mol. The van der Waals surface area contributed by atoms with Gasteiger partial charge in [-0.25, -0.2) is 0 Å². The van der Waals surface area contributed by atoms with Gasteiger partial charge >= 0.3 is 6.18 Å². The second-order valence-corrected chi connectivity index (χ2v) is 3.90. The van der Waals surface area contributed by atoms with Gasteiger partial charge in [0.05, 0.1) is 23.3 Å². The maximum Gasteiger partial charge on any atom is 0.417 e. The van der Waals surface area contributed by atoms with E-state index in [1.165, 1.54) is 12.1 Å². The minimum Gasteiger partial charge on any atom is -0.389 e. The number of benzene rings is 1. The molecule has 1 aromatic carbocycles. The lowest BCUT2D eigenvalue weighted by molar-refractivity contribution is -0.137. The van der Waals surface area contributed by atoms with Crippen LogP contribution in [0.25, 0.3) is 0 Å². The number of nitrogens with zero attached hydrogens (tertiary/aromatic N) is 2. The van der Waals surface area contributed by atoms with Gasteiger partial charge in [0.15, 0.2) is 0 Å². The van der Waals surface area contributed by atoms with Gasteiger partial charge in [0, 0.05) is 18.8 Å². The van der Waals surface area contributed by atoms with E-state index in [0.29, 0.717) is 18.8 Å². The molecular weight excluding hydrogens is 233 g/mol. The summed E-state index contributed by atoms with van der Waals surface area (Å²) in [5.74, 6) is 0. The number of nitriles is 1. The van der Waals surface area contributed by atoms with Gasteiger partial charge in [-0.3, -0.25) is 0 Å². The zero-order valence-corrected chi connectivity index (χ0v) is 8.70. The Morgan fingerprint density at radius 2 is 2.00 bits per heavy atom. The second-order valence-electron chi connectivity index (χ2n) is 3.90. The topological polar surface area (TPSA) is 47.3 Å². The molecular formula is C11H9F3N2O. The van der Waals surface area contributed by atoms with E-state index in [2.05, 4.69) is 0 Å². The zero-order valence-electron chi connectivity index (χ0n) is 8.70. The first-order valence-corrected chi connectivity index (χ1v) is 4.96. The van der Waals surface area contributed by atoms with E-state index in [1.54, 1.807) is 11.0 Å². The van der Waals surface area contributed by atoms with E-state index >= 15 is 0 Å². The van der Waals surface area contributed by atoms with Gasteiger partial charge in [0.2, 0.25) is 0 Å². The molecule has 1 fully saturated rings. The summed E-state index contributed by atoms with van der Waals surface area (Å²) in [5.41, 5.74) is -0.791. The Balaban J connectivity index is 2.33. The van der Waals surface area contributed by atoms with E-state index in [0.717, 1.165) is 6.07 Å². The number of rotatable bonds is 1. The fourth-order valence-corrected chi connectivity index (χ4v) is 1.73.